The van der Waals surface area contributed by atoms with Crippen LogP contribution in [0.15, 0.2) is 0 Å². The summed E-state index contributed by atoms with van der Waals surface area (Å²) in [5.41, 5.74) is 0. The van der Waals surface area contributed by atoms with E-state index in [1.807, 2.05) is 0 Å². The van der Waals surface area contributed by atoms with Crippen molar-refractivity contribution >= 4 is 0 Å². The molecule has 1 saturated carbocycles. The second-order valence-corrected chi connectivity index (χ2v) is 4.51. The van der Waals surface area contributed by atoms with Gasteiger partial charge >= 0.3 is 0 Å². The van der Waals surface area contributed by atoms with E-state index in [4.69, 9.17) is 5.11 Å². The molecule has 0 aromatic heterocycles. The minimum Gasteiger partial charge on any atom is -0.396 e. The van der Waals surface area contributed by atoms with E-state index in [1.165, 1.54) is 19.3 Å². The van der Waals surface area contributed by atoms with Gasteiger partial charge in [0.1, 0.15) is 0 Å². The van der Waals surface area contributed by atoms with Crippen molar-refractivity contribution in [3.63, 3.8) is 0 Å². The first kappa shape index (κ1) is 11.0. The Hall–Kier alpha value is -0.0800. The number of rotatable bonds is 7. The van der Waals surface area contributed by atoms with E-state index < -0.39 is 0 Å². The van der Waals surface area contributed by atoms with E-state index in [1.54, 1.807) is 0 Å². The molecule has 0 amide bonds. The summed E-state index contributed by atoms with van der Waals surface area (Å²) in [5, 5.41) is 12.3. The van der Waals surface area contributed by atoms with Crippen LogP contribution in [0.5, 0.6) is 0 Å². The Morgan fingerprint density at radius 2 is 2.00 bits per heavy atom. The Labute approximate surface area is 81.7 Å². The molecule has 0 aromatic rings. The van der Waals surface area contributed by atoms with Crippen molar-refractivity contribution in [1.82, 2.24) is 5.32 Å². The highest BCUT2D eigenvalue weighted by Gasteiger charge is 2.23. The molecule has 2 atom stereocenters. The summed E-state index contributed by atoms with van der Waals surface area (Å²) < 4.78 is 0. The summed E-state index contributed by atoms with van der Waals surface area (Å²) in [7, 11) is 0. The summed E-state index contributed by atoms with van der Waals surface area (Å²) >= 11 is 0. The molecular weight excluding hydrogens is 162 g/mol. The average molecular weight is 185 g/mol. The minimum atomic E-state index is 0.322. The lowest BCUT2D eigenvalue weighted by Gasteiger charge is -2.19. The Bertz CT molecular complexity index is 134. The summed E-state index contributed by atoms with van der Waals surface area (Å²) in [6.07, 6.45) is 6.23. The van der Waals surface area contributed by atoms with Gasteiger partial charge in [0.25, 0.3) is 0 Å². The smallest absolute Gasteiger partial charge is 0.0431 e. The molecular formula is C11H23NO. The monoisotopic (exact) mass is 185 g/mol. The first-order valence-corrected chi connectivity index (χ1v) is 5.59. The van der Waals surface area contributed by atoms with Gasteiger partial charge in [0, 0.05) is 18.7 Å². The van der Waals surface area contributed by atoms with Crippen molar-refractivity contribution < 1.29 is 5.11 Å². The number of aliphatic hydroxyl groups is 1. The van der Waals surface area contributed by atoms with Gasteiger partial charge in [-0.05, 0) is 39.0 Å². The van der Waals surface area contributed by atoms with Crippen LogP contribution in [0.1, 0.15) is 46.0 Å². The minimum absolute atomic E-state index is 0.322. The van der Waals surface area contributed by atoms with Crippen LogP contribution >= 0.6 is 0 Å². The van der Waals surface area contributed by atoms with Gasteiger partial charge in [-0.1, -0.05) is 12.8 Å². The topological polar surface area (TPSA) is 32.3 Å². The molecule has 0 saturated heterocycles. The highest BCUT2D eigenvalue weighted by Crippen LogP contribution is 2.33. The second kappa shape index (κ2) is 5.61. The molecule has 0 aromatic carbocycles. The molecule has 0 bridgehead atoms. The predicted octanol–water partition coefficient (Wildman–Crippen LogP) is 1.93. The predicted molar refractivity (Wildman–Crippen MR) is 55.7 cm³/mol. The van der Waals surface area contributed by atoms with Crippen molar-refractivity contribution in [3.8, 4) is 0 Å². The van der Waals surface area contributed by atoms with Gasteiger partial charge in [-0.2, -0.15) is 0 Å². The van der Waals surface area contributed by atoms with E-state index in [9.17, 15) is 0 Å². The summed E-state index contributed by atoms with van der Waals surface area (Å²) in [4.78, 5) is 0. The van der Waals surface area contributed by atoms with E-state index in [0.717, 1.165) is 18.8 Å². The van der Waals surface area contributed by atoms with Crippen molar-refractivity contribution in [2.45, 2.75) is 58.0 Å². The lowest BCUT2D eigenvalue weighted by atomic mass is 10.1. The zero-order valence-electron chi connectivity index (χ0n) is 8.92. The van der Waals surface area contributed by atoms with Crippen LogP contribution in [0.4, 0.5) is 0 Å². The van der Waals surface area contributed by atoms with Crippen LogP contribution < -0.4 is 5.32 Å². The third-order valence-corrected chi connectivity index (χ3v) is 2.75. The average Bonchev–Trinajstić information content (AvgIpc) is 2.84. The standard InChI is InChI=1S/C11H23NO/c1-9(4-3-7-13)12-10(2)8-11-5-6-11/h9-13H,3-8H2,1-2H3. The first-order valence-electron chi connectivity index (χ1n) is 5.59. The second-order valence-electron chi connectivity index (χ2n) is 4.51. The number of aliphatic hydroxyl groups excluding tert-OH is 1. The highest BCUT2D eigenvalue weighted by molar-refractivity contribution is 4.79. The molecule has 1 fully saturated rings. The van der Waals surface area contributed by atoms with Crippen LogP contribution in [0, 0.1) is 5.92 Å². The molecule has 1 aliphatic carbocycles. The van der Waals surface area contributed by atoms with Gasteiger partial charge in [-0.3, -0.25) is 0 Å². The zero-order valence-corrected chi connectivity index (χ0v) is 8.92. The third kappa shape index (κ3) is 5.27. The lowest BCUT2D eigenvalue weighted by Crippen LogP contribution is -2.34. The fourth-order valence-corrected chi connectivity index (χ4v) is 1.89. The fourth-order valence-electron chi connectivity index (χ4n) is 1.89. The highest BCUT2D eigenvalue weighted by atomic mass is 16.2. The molecule has 1 rings (SSSR count). The summed E-state index contributed by atoms with van der Waals surface area (Å²) in [5.74, 6) is 1.01. The van der Waals surface area contributed by atoms with Crippen LogP contribution in [0.3, 0.4) is 0 Å². The van der Waals surface area contributed by atoms with Crippen LogP contribution in [-0.4, -0.2) is 23.8 Å². The SMILES string of the molecule is CC(CCCO)NC(C)CC1CC1. The molecule has 0 spiro atoms. The van der Waals surface area contributed by atoms with Crippen LogP contribution in [0.2, 0.25) is 0 Å². The van der Waals surface area contributed by atoms with Gasteiger partial charge in [-0.25, -0.2) is 0 Å². The number of nitrogens with one attached hydrogen (secondary N) is 1. The Balaban J connectivity index is 1.99. The Kier molecular flexibility index (Phi) is 4.74. The molecule has 78 valence electrons. The molecule has 2 nitrogen and oxygen atoms in total. The largest absolute Gasteiger partial charge is 0.396 e. The van der Waals surface area contributed by atoms with Crippen LogP contribution in [0.25, 0.3) is 0 Å². The molecule has 2 heteroatoms. The maximum Gasteiger partial charge on any atom is 0.0431 e. The van der Waals surface area contributed by atoms with Crippen molar-refractivity contribution in [3.05, 3.63) is 0 Å². The Morgan fingerprint density at radius 3 is 2.54 bits per heavy atom. The maximum absolute atomic E-state index is 8.68. The number of hydrogen-bond acceptors (Lipinski definition) is 2. The number of hydrogen-bond donors (Lipinski definition) is 2. The molecule has 13 heavy (non-hydrogen) atoms. The van der Waals surface area contributed by atoms with Crippen molar-refractivity contribution in [2.75, 3.05) is 6.61 Å². The quantitative estimate of drug-likeness (QED) is 0.635. The van der Waals surface area contributed by atoms with E-state index in [-0.39, 0.29) is 0 Å². The lowest BCUT2D eigenvalue weighted by molar-refractivity contribution is 0.273. The molecule has 2 unspecified atom stereocenters. The van der Waals surface area contributed by atoms with Gasteiger partial charge in [0.15, 0.2) is 0 Å². The van der Waals surface area contributed by atoms with E-state index in [2.05, 4.69) is 19.2 Å². The van der Waals surface area contributed by atoms with Gasteiger partial charge < -0.3 is 10.4 Å². The zero-order chi connectivity index (χ0) is 9.68. The molecule has 0 heterocycles. The van der Waals surface area contributed by atoms with Gasteiger partial charge in [0.05, 0.1) is 0 Å². The Morgan fingerprint density at radius 1 is 1.31 bits per heavy atom. The van der Waals surface area contributed by atoms with Crippen LogP contribution in [-0.2, 0) is 0 Å². The molecule has 0 radical (unpaired) electrons. The fraction of sp³-hybridized carbons (Fsp3) is 1.00. The molecule has 2 N–H and O–H groups in total. The normalized spacial score (nSPS) is 21.5. The maximum atomic E-state index is 8.68. The molecule has 1 aliphatic rings. The van der Waals surface area contributed by atoms with Crippen molar-refractivity contribution in [1.29, 1.82) is 0 Å². The van der Waals surface area contributed by atoms with Gasteiger partial charge in [0.2, 0.25) is 0 Å². The first-order chi connectivity index (χ1) is 6.22. The van der Waals surface area contributed by atoms with Gasteiger partial charge in [-0.15, -0.1) is 0 Å². The third-order valence-electron chi connectivity index (χ3n) is 2.75. The molecule has 0 aliphatic heterocycles. The summed E-state index contributed by atoms with van der Waals surface area (Å²) in [6.45, 7) is 4.80. The van der Waals surface area contributed by atoms with Crippen molar-refractivity contribution in [2.24, 2.45) is 5.92 Å². The summed E-state index contributed by atoms with van der Waals surface area (Å²) in [6, 6.07) is 1.21. The van der Waals surface area contributed by atoms with E-state index in [0.29, 0.717) is 18.7 Å². The van der Waals surface area contributed by atoms with E-state index >= 15 is 0 Å².